The van der Waals surface area contributed by atoms with Crippen LogP contribution in [0.4, 0.5) is 0 Å². The maximum Gasteiger partial charge on any atom is 0.246 e. The maximum absolute atomic E-state index is 12.0. The van der Waals surface area contributed by atoms with E-state index in [9.17, 15) is 9.59 Å². The van der Waals surface area contributed by atoms with E-state index in [4.69, 9.17) is 40.0 Å². The van der Waals surface area contributed by atoms with E-state index in [2.05, 4.69) is 45.3 Å². The molecule has 1 aromatic rings. The second kappa shape index (κ2) is 22.8. The predicted octanol–water partition coefficient (Wildman–Crippen LogP) is 4.82. The number of fused-ring (bicyclic) bond motifs is 1. The lowest BCUT2D eigenvalue weighted by molar-refractivity contribution is -0.127. The summed E-state index contributed by atoms with van der Waals surface area (Å²) >= 11 is 7.10. The van der Waals surface area contributed by atoms with Crippen molar-refractivity contribution in [1.29, 1.82) is 0 Å². The molecule has 1 aliphatic rings. The van der Waals surface area contributed by atoms with Crippen LogP contribution in [-0.2, 0) is 28.5 Å². The molecule has 0 radical (unpaired) electrons. The first kappa shape index (κ1) is 38.4. The zero-order valence-corrected chi connectivity index (χ0v) is 27.7. The minimum atomic E-state index is -0.189. The van der Waals surface area contributed by atoms with E-state index in [0.717, 1.165) is 43.2 Å². The van der Waals surface area contributed by atoms with Crippen molar-refractivity contribution in [3.05, 3.63) is 10.8 Å². The van der Waals surface area contributed by atoms with Gasteiger partial charge in [-0.25, -0.2) is 0 Å². The van der Waals surface area contributed by atoms with Crippen molar-refractivity contribution in [2.45, 2.75) is 78.4 Å². The normalized spacial score (nSPS) is 14.6. The van der Waals surface area contributed by atoms with Gasteiger partial charge in [0.25, 0.3) is 0 Å². The van der Waals surface area contributed by atoms with Gasteiger partial charge >= 0.3 is 0 Å². The fourth-order valence-corrected chi connectivity index (χ4v) is 4.18. The van der Waals surface area contributed by atoms with Crippen molar-refractivity contribution in [1.82, 2.24) is 10.6 Å². The average molecular weight is 637 g/mol. The smallest absolute Gasteiger partial charge is 0.246 e. The number of carbonyl (C=O) groups excluding carboxylic acids is 2. The van der Waals surface area contributed by atoms with Crippen LogP contribution in [-0.4, -0.2) is 95.8 Å². The van der Waals surface area contributed by atoms with Gasteiger partial charge in [0.15, 0.2) is 17.6 Å². The number of rotatable bonds is 23. The van der Waals surface area contributed by atoms with Gasteiger partial charge < -0.3 is 39.1 Å². The first-order valence-corrected chi connectivity index (χ1v) is 16.3. The highest BCUT2D eigenvalue weighted by Crippen LogP contribution is 2.35. The van der Waals surface area contributed by atoms with Crippen molar-refractivity contribution < 1.29 is 38.0 Å². The second-order valence-corrected chi connectivity index (χ2v) is 12.5. The summed E-state index contributed by atoms with van der Waals surface area (Å²) in [4.78, 5) is 21.9. The summed E-state index contributed by atoms with van der Waals surface area (Å²) in [5, 5.41) is 9.24. The van der Waals surface area contributed by atoms with Gasteiger partial charge in [0.1, 0.15) is 13.2 Å². The van der Waals surface area contributed by atoms with E-state index in [-0.39, 0.29) is 29.6 Å². The number of hydrogen-bond donors (Lipinski definition) is 2. The summed E-state index contributed by atoms with van der Waals surface area (Å²) in [7, 11) is 0. The Balaban J connectivity index is 0.000000476. The summed E-state index contributed by atoms with van der Waals surface area (Å²) < 4.78 is 33.3. The number of unbranched alkanes of at least 4 members (excludes halogenated alkanes) is 3. The van der Waals surface area contributed by atoms with Gasteiger partial charge in [-0.05, 0) is 33.1 Å². The molecular formula is C30H53ClN2O8S. The minimum Gasteiger partial charge on any atom is -0.485 e. The first-order valence-electron chi connectivity index (χ1n) is 14.8. The zero-order valence-electron chi connectivity index (χ0n) is 26.2. The predicted molar refractivity (Wildman–Crippen MR) is 167 cm³/mol. The van der Waals surface area contributed by atoms with Gasteiger partial charge in [-0.2, -0.15) is 0 Å². The standard InChI is InChI=1S/C19H31NO5S.C11H22ClNO3/c1-6-19(4,5)24-13-18(2,3)12-20-17(21)9-22-7-14-8-23-15-10-26-11-16(15)25-14;12-5-3-1-2-4-7-15-9-10-16-8-6-13-11-14/h10-11,14H,6-9,12-13H2,1-5H3,(H,20,21);11H,1-10H2,(H,13,14). The highest BCUT2D eigenvalue weighted by atomic mass is 35.5. The van der Waals surface area contributed by atoms with Gasteiger partial charge in [0.05, 0.1) is 38.6 Å². The van der Waals surface area contributed by atoms with E-state index < -0.39 is 0 Å². The molecule has 42 heavy (non-hydrogen) atoms. The fourth-order valence-electron chi connectivity index (χ4n) is 3.32. The fraction of sp³-hybridized carbons (Fsp3) is 0.800. The molecular weight excluding hydrogens is 584 g/mol. The van der Waals surface area contributed by atoms with Gasteiger partial charge in [-0.15, -0.1) is 22.9 Å². The lowest BCUT2D eigenvalue weighted by atomic mass is 9.94. The monoisotopic (exact) mass is 636 g/mol. The van der Waals surface area contributed by atoms with Gasteiger partial charge in [-0.3, -0.25) is 9.59 Å². The molecule has 2 rings (SSSR count). The molecule has 0 saturated heterocycles. The molecule has 0 aromatic carbocycles. The van der Waals surface area contributed by atoms with Crippen LogP contribution in [0.2, 0.25) is 0 Å². The van der Waals surface area contributed by atoms with Crippen LogP contribution in [0.3, 0.4) is 0 Å². The Bertz CT molecular complexity index is 840. The molecule has 2 N–H and O–H groups in total. The Morgan fingerprint density at radius 3 is 2.48 bits per heavy atom. The number of amides is 2. The molecule has 0 spiro atoms. The molecule has 10 nitrogen and oxygen atoms in total. The number of carbonyl (C=O) groups is 2. The van der Waals surface area contributed by atoms with Crippen LogP contribution in [0.1, 0.15) is 66.7 Å². The molecule has 1 unspecified atom stereocenters. The van der Waals surface area contributed by atoms with Crippen LogP contribution in [0.25, 0.3) is 0 Å². The number of alkyl halides is 1. The highest BCUT2D eigenvalue weighted by molar-refractivity contribution is 7.08. The minimum absolute atomic E-state index is 0.00768. The van der Waals surface area contributed by atoms with E-state index in [1.54, 1.807) is 0 Å². The molecule has 2 heterocycles. The zero-order chi connectivity index (χ0) is 31.1. The number of nitrogens with one attached hydrogen (secondary N) is 2. The van der Waals surface area contributed by atoms with Gasteiger partial charge in [-0.1, -0.05) is 33.6 Å². The van der Waals surface area contributed by atoms with Crippen molar-refractivity contribution in [2.24, 2.45) is 5.41 Å². The molecule has 12 heteroatoms. The third-order valence-electron chi connectivity index (χ3n) is 6.34. The van der Waals surface area contributed by atoms with Crippen molar-refractivity contribution in [2.75, 3.05) is 71.8 Å². The molecule has 0 fully saturated rings. The van der Waals surface area contributed by atoms with E-state index in [1.807, 2.05) is 10.8 Å². The van der Waals surface area contributed by atoms with E-state index in [1.165, 1.54) is 24.2 Å². The lowest BCUT2D eigenvalue weighted by Crippen LogP contribution is -2.41. The number of halogens is 1. The van der Waals surface area contributed by atoms with Crippen LogP contribution < -0.4 is 20.1 Å². The Labute approximate surface area is 261 Å². The Morgan fingerprint density at radius 2 is 1.76 bits per heavy atom. The first-order chi connectivity index (χ1) is 20.1. The third-order valence-corrected chi connectivity index (χ3v) is 7.30. The maximum atomic E-state index is 12.0. The highest BCUT2D eigenvalue weighted by Gasteiger charge is 2.25. The molecule has 0 bridgehead atoms. The second-order valence-electron chi connectivity index (χ2n) is 11.4. The molecule has 0 saturated carbocycles. The third kappa shape index (κ3) is 19.5. The van der Waals surface area contributed by atoms with Crippen LogP contribution in [0, 0.1) is 5.41 Å². The van der Waals surface area contributed by atoms with Crippen LogP contribution >= 0.6 is 22.9 Å². The summed E-state index contributed by atoms with van der Waals surface area (Å²) in [6.45, 7) is 15.4. The topological polar surface area (TPSA) is 114 Å². The number of hydrogen-bond acceptors (Lipinski definition) is 9. The molecule has 0 aliphatic carbocycles. The molecule has 244 valence electrons. The summed E-state index contributed by atoms with van der Waals surface area (Å²) in [5.74, 6) is 2.14. The Kier molecular flexibility index (Phi) is 20.9. The Hall–Kier alpha value is -1.63. The summed E-state index contributed by atoms with van der Waals surface area (Å²) in [6, 6.07) is 0. The number of ether oxygens (including phenoxy) is 6. The molecule has 2 amide bonds. The molecule has 1 aliphatic heterocycles. The SMILES string of the molecule is CCC(C)(C)OCC(C)(C)CNC(=O)COCC1COc2cscc2O1.O=CNCCOCCOCCCCCCCl. The van der Waals surface area contributed by atoms with Gasteiger partial charge in [0.2, 0.25) is 12.3 Å². The van der Waals surface area contributed by atoms with Gasteiger partial charge in [0, 0.05) is 41.8 Å². The number of thiophene rings is 1. The average Bonchev–Trinajstić information content (AvgIpc) is 3.44. The molecule has 1 atom stereocenters. The Morgan fingerprint density at radius 1 is 1.05 bits per heavy atom. The quantitative estimate of drug-likeness (QED) is 0.0999. The van der Waals surface area contributed by atoms with Crippen LogP contribution in [0.15, 0.2) is 10.8 Å². The molecule has 1 aromatic heterocycles. The lowest BCUT2D eigenvalue weighted by Gasteiger charge is -2.31. The van der Waals surface area contributed by atoms with Crippen LogP contribution in [0.5, 0.6) is 11.5 Å². The van der Waals surface area contributed by atoms with Crippen molar-refractivity contribution >= 4 is 35.3 Å². The van der Waals surface area contributed by atoms with Crippen molar-refractivity contribution in [3.63, 3.8) is 0 Å². The van der Waals surface area contributed by atoms with E-state index >= 15 is 0 Å². The van der Waals surface area contributed by atoms with Crippen molar-refractivity contribution in [3.8, 4) is 11.5 Å². The summed E-state index contributed by atoms with van der Waals surface area (Å²) in [6.07, 6.45) is 5.96. The van der Waals surface area contributed by atoms with E-state index in [0.29, 0.717) is 59.1 Å². The largest absolute Gasteiger partial charge is 0.485 e. The summed E-state index contributed by atoms with van der Waals surface area (Å²) in [5.41, 5.74) is -0.285.